The molecular formula is C24H30FNO4. The van der Waals surface area contributed by atoms with Gasteiger partial charge >= 0.3 is 5.97 Å². The van der Waals surface area contributed by atoms with Gasteiger partial charge in [-0.05, 0) is 69.7 Å². The minimum absolute atomic E-state index is 0.284. The first-order valence-corrected chi connectivity index (χ1v) is 10.5. The van der Waals surface area contributed by atoms with Crippen molar-refractivity contribution in [1.29, 1.82) is 0 Å². The molecule has 1 aliphatic heterocycles. The molecule has 1 heterocycles. The Hall–Kier alpha value is -2.60. The number of esters is 1. The molecular weight excluding hydrogens is 385 g/mol. The van der Waals surface area contributed by atoms with Crippen molar-refractivity contribution in [3.63, 3.8) is 0 Å². The molecule has 1 aliphatic rings. The third kappa shape index (κ3) is 4.93. The average Bonchev–Trinajstić information content (AvgIpc) is 2.71. The molecule has 30 heavy (non-hydrogen) atoms. The van der Waals surface area contributed by atoms with Crippen molar-refractivity contribution in [3.05, 3.63) is 59.4 Å². The summed E-state index contributed by atoms with van der Waals surface area (Å²) in [6, 6.07) is 11.2. The molecule has 2 unspecified atom stereocenters. The molecule has 2 aromatic rings. The first-order chi connectivity index (χ1) is 14.4. The maximum absolute atomic E-state index is 13.2. The lowest BCUT2D eigenvalue weighted by atomic mass is 9.87. The molecule has 0 saturated heterocycles. The van der Waals surface area contributed by atoms with Gasteiger partial charge in [0.1, 0.15) is 23.3 Å². The molecule has 5 nitrogen and oxygen atoms in total. The van der Waals surface area contributed by atoms with E-state index < -0.39 is 29.6 Å². The number of carbonyl (C=O) groups is 1. The van der Waals surface area contributed by atoms with Crippen molar-refractivity contribution in [2.75, 3.05) is 18.5 Å². The number of carbonyl (C=O) groups excluding carboxylic acids is 1. The van der Waals surface area contributed by atoms with Crippen LogP contribution < -0.4 is 10.1 Å². The van der Waals surface area contributed by atoms with E-state index in [-0.39, 0.29) is 5.56 Å². The highest BCUT2D eigenvalue weighted by atomic mass is 19.1. The van der Waals surface area contributed by atoms with E-state index in [9.17, 15) is 9.18 Å². The molecule has 0 saturated carbocycles. The number of nitrogens with one attached hydrogen (secondary N) is 1. The summed E-state index contributed by atoms with van der Waals surface area (Å²) in [4.78, 5) is 12.8. The summed E-state index contributed by atoms with van der Waals surface area (Å²) >= 11 is 0. The van der Waals surface area contributed by atoms with Crippen molar-refractivity contribution in [1.82, 2.24) is 0 Å². The van der Waals surface area contributed by atoms with Gasteiger partial charge in [-0.2, -0.15) is 0 Å². The Balaban J connectivity index is 1.94. The van der Waals surface area contributed by atoms with E-state index in [2.05, 4.69) is 12.2 Å². The van der Waals surface area contributed by atoms with E-state index in [0.29, 0.717) is 6.61 Å². The second-order valence-electron chi connectivity index (χ2n) is 7.97. The molecule has 0 bridgehead atoms. The van der Waals surface area contributed by atoms with Gasteiger partial charge in [0.05, 0.1) is 5.56 Å². The fourth-order valence-electron chi connectivity index (χ4n) is 3.55. The lowest BCUT2D eigenvalue weighted by Crippen LogP contribution is -2.51. The fourth-order valence-corrected chi connectivity index (χ4v) is 3.55. The highest BCUT2D eigenvalue weighted by Crippen LogP contribution is 2.44. The van der Waals surface area contributed by atoms with Crippen LogP contribution in [-0.2, 0) is 9.47 Å². The summed E-state index contributed by atoms with van der Waals surface area (Å²) in [6.45, 7) is 9.23. The molecule has 0 aromatic heterocycles. The maximum Gasteiger partial charge on any atom is 0.338 e. The monoisotopic (exact) mass is 415 g/mol. The molecule has 3 rings (SSSR count). The van der Waals surface area contributed by atoms with Crippen molar-refractivity contribution < 1.29 is 23.4 Å². The largest absolute Gasteiger partial charge is 0.483 e. The minimum atomic E-state index is -0.806. The number of fused-ring (bicyclic) bond motifs is 1. The standard InChI is InChI=1S/C24H30FNO4/c1-5-7-14-28-21-19-15-18(26-6-2)12-13-20(19)30-24(3,4)22(21)29-23(27)16-8-10-17(25)11-9-16/h8-13,15,21-22,26H,5-7,14H2,1-4H3. The van der Waals surface area contributed by atoms with Crippen LogP contribution in [0, 0.1) is 5.82 Å². The van der Waals surface area contributed by atoms with Gasteiger partial charge in [-0.25, -0.2) is 9.18 Å². The number of ether oxygens (including phenoxy) is 3. The molecule has 162 valence electrons. The van der Waals surface area contributed by atoms with Gasteiger partial charge in [0.15, 0.2) is 6.10 Å². The van der Waals surface area contributed by atoms with Crippen LogP contribution in [0.3, 0.4) is 0 Å². The van der Waals surface area contributed by atoms with Crippen LogP contribution in [0.15, 0.2) is 42.5 Å². The summed E-state index contributed by atoms with van der Waals surface area (Å²) in [6.07, 6.45) is 0.754. The van der Waals surface area contributed by atoms with Gasteiger partial charge in [0.2, 0.25) is 0 Å². The summed E-state index contributed by atoms with van der Waals surface area (Å²) < 4.78 is 31.6. The first kappa shape index (κ1) is 22.1. The van der Waals surface area contributed by atoms with Crippen LogP contribution in [-0.4, -0.2) is 30.8 Å². The molecule has 0 spiro atoms. The number of halogens is 1. The zero-order chi connectivity index (χ0) is 21.7. The number of hydrogen-bond acceptors (Lipinski definition) is 5. The van der Waals surface area contributed by atoms with E-state index in [1.165, 1.54) is 24.3 Å². The zero-order valence-electron chi connectivity index (χ0n) is 18.0. The quantitative estimate of drug-likeness (QED) is 0.455. The Labute approximate surface area is 177 Å². The van der Waals surface area contributed by atoms with Crippen LogP contribution in [0.4, 0.5) is 10.1 Å². The van der Waals surface area contributed by atoms with Crippen molar-refractivity contribution in [2.45, 2.75) is 58.3 Å². The molecule has 2 atom stereocenters. The molecule has 1 N–H and O–H groups in total. The number of anilines is 1. The van der Waals surface area contributed by atoms with Gasteiger partial charge in [0, 0.05) is 24.4 Å². The fraction of sp³-hybridized carbons (Fsp3) is 0.458. The molecule has 0 aliphatic carbocycles. The van der Waals surface area contributed by atoms with Gasteiger partial charge in [-0.3, -0.25) is 0 Å². The Morgan fingerprint density at radius 1 is 1.17 bits per heavy atom. The second kappa shape index (κ2) is 9.47. The van der Waals surface area contributed by atoms with E-state index in [4.69, 9.17) is 14.2 Å². The van der Waals surface area contributed by atoms with Crippen LogP contribution in [0.1, 0.15) is 62.6 Å². The average molecular weight is 416 g/mol. The topological polar surface area (TPSA) is 56.8 Å². The first-order valence-electron chi connectivity index (χ1n) is 10.5. The lowest BCUT2D eigenvalue weighted by molar-refractivity contribution is -0.140. The number of rotatable bonds is 8. The van der Waals surface area contributed by atoms with Crippen LogP contribution in [0.5, 0.6) is 5.75 Å². The molecule has 0 fully saturated rings. The smallest absolute Gasteiger partial charge is 0.338 e. The summed E-state index contributed by atoms with van der Waals surface area (Å²) in [5, 5.41) is 3.30. The minimum Gasteiger partial charge on any atom is -0.483 e. The van der Waals surface area contributed by atoms with Crippen molar-refractivity contribution in [3.8, 4) is 5.75 Å². The number of unbranched alkanes of at least 4 members (excludes halogenated alkanes) is 1. The Morgan fingerprint density at radius 2 is 1.90 bits per heavy atom. The third-order valence-corrected chi connectivity index (χ3v) is 5.14. The maximum atomic E-state index is 13.2. The predicted molar refractivity (Wildman–Crippen MR) is 115 cm³/mol. The van der Waals surface area contributed by atoms with Crippen molar-refractivity contribution in [2.24, 2.45) is 0 Å². The predicted octanol–water partition coefficient (Wildman–Crippen LogP) is 5.51. The summed E-state index contributed by atoms with van der Waals surface area (Å²) in [5.74, 6) is -0.220. The van der Waals surface area contributed by atoms with Crippen LogP contribution in [0.25, 0.3) is 0 Å². The highest BCUT2D eigenvalue weighted by molar-refractivity contribution is 5.89. The second-order valence-corrected chi connectivity index (χ2v) is 7.97. The van der Waals surface area contributed by atoms with E-state index in [1.54, 1.807) is 0 Å². The normalized spacial score (nSPS) is 19.5. The molecule has 2 aromatic carbocycles. The summed E-state index contributed by atoms with van der Waals surface area (Å²) in [7, 11) is 0. The van der Waals surface area contributed by atoms with Gasteiger partial charge in [-0.15, -0.1) is 0 Å². The SMILES string of the molecule is CCCCOC1c2cc(NCC)ccc2OC(C)(C)C1OC(=O)c1ccc(F)cc1. The number of benzene rings is 2. The van der Waals surface area contributed by atoms with Crippen LogP contribution >= 0.6 is 0 Å². The third-order valence-electron chi connectivity index (χ3n) is 5.14. The Morgan fingerprint density at radius 3 is 2.57 bits per heavy atom. The summed E-state index contributed by atoms with van der Waals surface area (Å²) in [5.41, 5.74) is 1.28. The zero-order valence-corrected chi connectivity index (χ0v) is 18.0. The van der Waals surface area contributed by atoms with E-state index >= 15 is 0 Å². The Kier molecular flexibility index (Phi) is 6.98. The highest BCUT2D eigenvalue weighted by Gasteiger charge is 2.47. The van der Waals surface area contributed by atoms with Gasteiger partial charge in [0.25, 0.3) is 0 Å². The van der Waals surface area contributed by atoms with Crippen LogP contribution in [0.2, 0.25) is 0 Å². The molecule has 6 heteroatoms. The van der Waals surface area contributed by atoms with Gasteiger partial charge < -0.3 is 19.5 Å². The van der Waals surface area contributed by atoms with Gasteiger partial charge in [-0.1, -0.05) is 13.3 Å². The van der Waals surface area contributed by atoms with Crippen molar-refractivity contribution >= 4 is 11.7 Å². The molecule has 0 radical (unpaired) electrons. The van der Waals surface area contributed by atoms with E-state index in [1.807, 2.05) is 39.0 Å². The van der Waals surface area contributed by atoms with E-state index in [0.717, 1.165) is 36.4 Å². The Bertz CT molecular complexity index is 866. The number of hydrogen-bond donors (Lipinski definition) is 1. The molecule has 0 amide bonds. The lowest BCUT2D eigenvalue weighted by Gasteiger charge is -2.43.